The summed E-state index contributed by atoms with van der Waals surface area (Å²) in [5.74, 6) is 2.99. The van der Waals surface area contributed by atoms with E-state index in [1.807, 2.05) is 6.92 Å². The van der Waals surface area contributed by atoms with Gasteiger partial charge in [-0.25, -0.2) is 0 Å². The van der Waals surface area contributed by atoms with E-state index in [9.17, 15) is 0 Å². The Hall–Kier alpha value is -0.800. The standard InChI is InChI=1S/C16H25NO2/c1-12-14(11-18-8-7-13-3-2-4-13)9-16(19-12)10-17-15-5-6-15/h9,13,15,17H,2-8,10-11H2,1H3. The maximum absolute atomic E-state index is 5.78. The number of furan rings is 1. The van der Waals surface area contributed by atoms with E-state index in [1.54, 1.807) is 0 Å². The fourth-order valence-electron chi connectivity index (χ4n) is 2.56. The van der Waals surface area contributed by atoms with Crippen LogP contribution in [0.15, 0.2) is 10.5 Å². The minimum absolute atomic E-state index is 0.700. The molecule has 3 heteroatoms. The molecule has 0 unspecified atom stereocenters. The normalized spacial score (nSPS) is 19.6. The maximum atomic E-state index is 5.78. The zero-order chi connectivity index (χ0) is 13.1. The van der Waals surface area contributed by atoms with Crippen molar-refractivity contribution < 1.29 is 9.15 Å². The van der Waals surface area contributed by atoms with Gasteiger partial charge in [-0.2, -0.15) is 0 Å². The molecule has 0 aromatic carbocycles. The van der Waals surface area contributed by atoms with Crippen LogP contribution in [-0.4, -0.2) is 12.6 Å². The van der Waals surface area contributed by atoms with Crippen molar-refractivity contribution in [3.8, 4) is 0 Å². The van der Waals surface area contributed by atoms with E-state index in [0.29, 0.717) is 6.61 Å². The summed E-state index contributed by atoms with van der Waals surface area (Å²) in [7, 11) is 0. The molecule has 0 aliphatic heterocycles. The molecule has 0 atom stereocenters. The van der Waals surface area contributed by atoms with Gasteiger partial charge in [0.25, 0.3) is 0 Å². The highest BCUT2D eigenvalue weighted by Crippen LogP contribution is 2.29. The first-order valence-corrected chi connectivity index (χ1v) is 7.70. The molecule has 1 N–H and O–H groups in total. The number of nitrogens with one attached hydrogen (secondary N) is 1. The van der Waals surface area contributed by atoms with Crippen LogP contribution in [0.5, 0.6) is 0 Å². The minimum Gasteiger partial charge on any atom is -0.465 e. The summed E-state index contributed by atoms with van der Waals surface area (Å²) in [6.07, 6.45) is 8.10. The molecule has 0 saturated heterocycles. The Balaban J connectivity index is 1.38. The molecule has 3 rings (SSSR count). The molecule has 3 nitrogen and oxygen atoms in total. The van der Waals surface area contributed by atoms with Gasteiger partial charge in [0.05, 0.1) is 13.2 Å². The van der Waals surface area contributed by atoms with E-state index in [1.165, 1.54) is 44.1 Å². The molecule has 2 fully saturated rings. The lowest BCUT2D eigenvalue weighted by molar-refractivity contribution is 0.0942. The van der Waals surface area contributed by atoms with Crippen LogP contribution in [0.25, 0.3) is 0 Å². The fraction of sp³-hybridized carbons (Fsp3) is 0.750. The molecule has 2 saturated carbocycles. The largest absolute Gasteiger partial charge is 0.465 e. The van der Waals surface area contributed by atoms with Gasteiger partial charge in [0, 0.05) is 18.2 Å². The van der Waals surface area contributed by atoms with Crippen molar-refractivity contribution >= 4 is 0 Å². The summed E-state index contributed by atoms with van der Waals surface area (Å²) in [4.78, 5) is 0. The van der Waals surface area contributed by atoms with Crippen molar-refractivity contribution in [2.75, 3.05) is 6.61 Å². The van der Waals surface area contributed by atoms with Crippen LogP contribution < -0.4 is 5.32 Å². The predicted octanol–water partition coefficient (Wildman–Crippen LogP) is 3.55. The highest BCUT2D eigenvalue weighted by atomic mass is 16.5. The van der Waals surface area contributed by atoms with Crippen LogP contribution in [0, 0.1) is 12.8 Å². The molecule has 0 spiro atoms. The van der Waals surface area contributed by atoms with Crippen molar-refractivity contribution in [3.05, 3.63) is 23.2 Å². The molecule has 0 bridgehead atoms. The van der Waals surface area contributed by atoms with Gasteiger partial charge in [0.15, 0.2) is 0 Å². The SMILES string of the molecule is Cc1oc(CNC2CC2)cc1COCCC1CCC1. The summed E-state index contributed by atoms with van der Waals surface area (Å²) in [6, 6.07) is 2.88. The Labute approximate surface area is 115 Å². The quantitative estimate of drug-likeness (QED) is 0.728. The van der Waals surface area contributed by atoms with Gasteiger partial charge in [0.1, 0.15) is 11.5 Å². The topological polar surface area (TPSA) is 34.4 Å². The first-order chi connectivity index (χ1) is 9.31. The smallest absolute Gasteiger partial charge is 0.118 e. The molecule has 0 amide bonds. The average Bonchev–Trinajstić information content (AvgIpc) is 3.10. The van der Waals surface area contributed by atoms with Gasteiger partial charge in [-0.05, 0) is 38.2 Å². The van der Waals surface area contributed by atoms with E-state index >= 15 is 0 Å². The second-order valence-corrected chi connectivity index (χ2v) is 6.09. The van der Waals surface area contributed by atoms with E-state index in [0.717, 1.165) is 36.6 Å². The molecule has 2 aliphatic carbocycles. The number of hydrogen-bond donors (Lipinski definition) is 1. The van der Waals surface area contributed by atoms with Gasteiger partial charge < -0.3 is 14.5 Å². The van der Waals surface area contributed by atoms with Gasteiger partial charge >= 0.3 is 0 Å². The monoisotopic (exact) mass is 263 g/mol. The van der Waals surface area contributed by atoms with Crippen LogP contribution in [0.3, 0.4) is 0 Å². The number of rotatable bonds is 8. The zero-order valence-corrected chi connectivity index (χ0v) is 11.9. The zero-order valence-electron chi connectivity index (χ0n) is 11.9. The highest BCUT2D eigenvalue weighted by molar-refractivity contribution is 5.20. The van der Waals surface area contributed by atoms with E-state index in [2.05, 4.69) is 11.4 Å². The number of hydrogen-bond acceptors (Lipinski definition) is 3. The molecule has 1 aromatic rings. The Morgan fingerprint density at radius 1 is 1.32 bits per heavy atom. The molecular formula is C16H25NO2. The lowest BCUT2D eigenvalue weighted by Crippen LogP contribution is -2.14. The number of ether oxygens (including phenoxy) is 1. The molecule has 106 valence electrons. The van der Waals surface area contributed by atoms with Crippen LogP contribution in [-0.2, 0) is 17.9 Å². The Kier molecular flexibility index (Phi) is 4.24. The third-order valence-corrected chi connectivity index (χ3v) is 4.37. The molecule has 0 radical (unpaired) electrons. The van der Waals surface area contributed by atoms with E-state index < -0.39 is 0 Å². The molecule has 1 aromatic heterocycles. The maximum Gasteiger partial charge on any atom is 0.118 e. The Bertz CT molecular complexity index is 405. The van der Waals surface area contributed by atoms with Crippen molar-refractivity contribution in [1.29, 1.82) is 0 Å². The minimum atomic E-state index is 0.700. The fourth-order valence-corrected chi connectivity index (χ4v) is 2.56. The molecular weight excluding hydrogens is 238 g/mol. The van der Waals surface area contributed by atoms with Crippen molar-refractivity contribution in [2.24, 2.45) is 5.92 Å². The van der Waals surface area contributed by atoms with E-state index in [-0.39, 0.29) is 0 Å². The first kappa shape index (κ1) is 13.2. The average molecular weight is 263 g/mol. The molecule has 19 heavy (non-hydrogen) atoms. The molecule has 2 aliphatic rings. The lowest BCUT2D eigenvalue weighted by atomic mass is 9.83. The summed E-state index contributed by atoms with van der Waals surface area (Å²) in [5, 5.41) is 3.48. The summed E-state index contributed by atoms with van der Waals surface area (Å²) in [5.41, 5.74) is 1.21. The van der Waals surface area contributed by atoms with Gasteiger partial charge in [-0.15, -0.1) is 0 Å². The first-order valence-electron chi connectivity index (χ1n) is 7.70. The van der Waals surface area contributed by atoms with Crippen LogP contribution in [0.4, 0.5) is 0 Å². The summed E-state index contributed by atoms with van der Waals surface area (Å²) >= 11 is 0. The van der Waals surface area contributed by atoms with Crippen molar-refractivity contribution in [3.63, 3.8) is 0 Å². The Morgan fingerprint density at radius 3 is 2.84 bits per heavy atom. The van der Waals surface area contributed by atoms with Gasteiger partial charge in [-0.1, -0.05) is 19.3 Å². The van der Waals surface area contributed by atoms with E-state index in [4.69, 9.17) is 9.15 Å². The number of aryl methyl sites for hydroxylation is 1. The second-order valence-electron chi connectivity index (χ2n) is 6.09. The van der Waals surface area contributed by atoms with Crippen LogP contribution >= 0.6 is 0 Å². The van der Waals surface area contributed by atoms with Crippen molar-refractivity contribution in [1.82, 2.24) is 5.32 Å². The molecule has 1 heterocycles. The van der Waals surface area contributed by atoms with Crippen molar-refractivity contribution in [2.45, 2.75) is 64.6 Å². The highest BCUT2D eigenvalue weighted by Gasteiger charge is 2.21. The summed E-state index contributed by atoms with van der Waals surface area (Å²) in [6.45, 7) is 4.48. The predicted molar refractivity (Wildman–Crippen MR) is 74.9 cm³/mol. The third-order valence-electron chi connectivity index (χ3n) is 4.37. The third kappa shape index (κ3) is 3.83. The lowest BCUT2D eigenvalue weighted by Gasteiger charge is -2.24. The van der Waals surface area contributed by atoms with Crippen LogP contribution in [0.1, 0.15) is 55.6 Å². The van der Waals surface area contributed by atoms with Gasteiger partial charge in [0.2, 0.25) is 0 Å². The Morgan fingerprint density at radius 2 is 2.16 bits per heavy atom. The summed E-state index contributed by atoms with van der Waals surface area (Å²) < 4.78 is 11.5. The second kappa shape index (κ2) is 6.10. The van der Waals surface area contributed by atoms with Crippen LogP contribution in [0.2, 0.25) is 0 Å². The van der Waals surface area contributed by atoms with Gasteiger partial charge in [-0.3, -0.25) is 0 Å².